The van der Waals surface area contributed by atoms with Crippen molar-refractivity contribution in [2.45, 2.75) is 39.7 Å². The second kappa shape index (κ2) is 8.18. The number of ether oxygens (including phenoxy) is 1. The molecule has 2 aromatic rings. The molecule has 0 bridgehead atoms. The molecule has 1 amide bonds. The first-order chi connectivity index (χ1) is 12.5. The van der Waals surface area contributed by atoms with Gasteiger partial charge in [0.25, 0.3) is 5.91 Å². The predicted octanol–water partition coefficient (Wildman–Crippen LogP) is 3.41. The van der Waals surface area contributed by atoms with E-state index < -0.39 is 0 Å². The molecule has 7 heteroatoms. The molecule has 0 saturated carbocycles. The van der Waals surface area contributed by atoms with E-state index in [0.717, 1.165) is 19.4 Å². The van der Waals surface area contributed by atoms with Gasteiger partial charge in [-0.15, -0.1) is 5.10 Å². The SMILES string of the molecule is Cc1c(C(=O)NC[C@@H]2CCCO[C@@H]2C(C)C)nnn1-c1ccccc1Cl. The maximum absolute atomic E-state index is 12.6. The summed E-state index contributed by atoms with van der Waals surface area (Å²) in [5, 5.41) is 11.7. The third-order valence-electron chi connectivity index (χ3n) is 4.87. The van der Waals surface area contributed by atoms with Crippen molar-refractivity contribution in [1.29, 1.82) is 0 Å². The monoisotopic (exact) mass is 376 g/mol. The number of benzene rings is 1. The molecule has 1 aromatic carbocycles. The number of hydrogen-bond acceptors (Lipinski definition) is 4. The number of hydrogen-bond donors (Lipinski definition) is 1. The van der Waals surface area contributed by atoms with Crippen LogP contribution >= 0.6 is 11.6 Å². The molecule has 0 unspecified atom stereocenters. The van der Waals surface area contributed by atoms with Gasteiger partial charge in [-0.05, 0) is 37.8 Å². The number of rotatable bonds is 5. The minimum absolute atomic E-state index is 0.184. The molecule has 140 valence electrons. The van der Waals surface area contributed by atoms with Crippen molar-refractivity contribution in [2.24, 2.45) is 11.8 Å². The van der Waals surface area contributed by atoms with Crippen LogP contribution in [0.4, 0.5) is 0 Å². The Morgan fingerprint density at radius 3 is 2.92 bits per heavy atom. The zero-order chi connectivity index (χ0) is 18.7. The summed E-state index contributed by atoms with van der Waals surface area (Å²) in [7, 11) is 0. The molecule has 1 fully saturated rings. The zero-order valence-electron chi connectivity index (χ0n) is 15.4. The molecule has 0 aliphatic carbocycles. The highest BCUT2D eigenvalue weighted by Gasteiger charge is 2.29. The molecule has 0 spiro atoms. The van der Waals surface area contributed by atoms with Gasteiger partial charge < -0.3 is 10.1 Å². The van der Waals surface area contributed by atoms with Crippen LogP contribution < -0.4 is 5.32 Å². The molecule has 1 N–H and O–H groups in total. The number of nitrogens with one attached hydrogen (secondary N) is 1. The number of halogens is 1. The van der Waals surface area contributed by atoms with E-state index in [4.69, 9.17) is 16.3 Å². The molecule has 26 heavy (non-hydrogen) atoms. The summed E-state index contributed by atoms with van der Waals surface area (Å²) < 4.78 is 7.49. The van der Waals surface area contributed by atoms with Crippen LogP contribution in [0.15, 0.2) is 24.3 Å². The highest BCUT2D eigenvalue weighted by Crippen LogP contribution is 2.26. The number of aromatic nitrogens is 3. The maximum Gasteiger partial charge on any atom is 0.273 e. The van der Waals surface area contributed by atoms with Gasteiger partial charge in [0.05, 0.1) is 22.5 Å². The summed E-state index contributed by atoms with van der Waals surface area (Å²) in [6.45, 7) is 7.52. The first-order valence-electron chi connectivity index (χ1n) is 9.06. The van der Waals surface area contributed by atoms with Gasteiger partial charge in [-0.2, -0.15) is 0 Å². The highest BCUT2D eigenvalue weighted by molar-refractivity contribution is 6.32. The van der Waals surface area contributed by atoms with Crippen molar-refractivity contribution in [3.63, 3.8) is 0 Å². The molecule has 3 rings (SSSR count). The van der Waals surface area contributed by atoms with E-state index in [0.29, 0.717) is 40.5 Å². The molecule has 0 radical (unpaired) electrons. The Bertz CT molecular complexity index is 775. The first-order valence-corrected chi connectivity index (χ1v) is 9.44. The molecule has 1 saturated heterocycles. The van der Waals surface area contributed by atoms with Crippen LogP contribution in [-0.4, -0.2) is 40.2 Å². The second-order valence-corrected chi connectivity index (χ2v) is 7.49. The average molecular weight is 377 g/mol. The standard InChI is InChI=1S/C19H25ClN4O2/c1-12(2)18-14(7-6-10-26-18)11-21-19(25)17-13(3)24(23-22-17)16-9-5-4-8-15(16)20/h4-5,8-9,12,14,18H,6-7,10-11H2,1-3H3,(H,21,25)/t14-,18+/m0/s1. The number of carbonyl (C=O) groups is 1. The lowest BCUT2D eigenvalue weighted by atomic mass is 9.87. The third kappa shape index (κ3) is 3.91. The van der Waals surface area contributed by atoms with Crippen molar-refractivity contribution in [2.75, 3.05) is 13.2 Å². The van der Waals surface area contributed by atoms with Crippen molar-refractivity contribution < 1.29 is 9.53 Å². The van der Waals surface area contributed by atoms with E-state index in [-0.39, 0.29) is 12.0 Å². The third-order valence-corrected chi connectivity index (χ3v) is 5.19. The zero-order valence-corrected chi connectivity index (χ0v) is 16.2. The second-order valence-electron chi connectivity index (χ2n) is 7.08. The number of nitrogens with zero attached hydrogens (tertiary/aromatic N) is 3. The van der Waals surface area contributed by atoms with E-state index in [1.165, 1.54) is 0 Å². The Balaban J connectivity index is 1.70. The maximum atomic E-state index is 12.6. The van der Waals surface area contributed by atoms with Crippen molar-refractivity contribution in [3.05, 3.63) is 40.7 Å². The summed E-state index contributed by atoms with van der Waals surface area (Å²) in [5.41, 5.74) is 1.69. The van der Waals surface area contributed by atoms with Gasteiger partial charge in [-0.1, -0.05) is 42.8 Å². The fraction of sp³-hybridized carbons (Fsp3) is 0.526. The highest BCUT2D eigenvalue weighted by atomic mass is 35.5. The lowest BCUT2D eigenvalue weighted by Crippen LogP contribution is -2.41. The normalized spacial score (nSPS) is 20.3. The lowest BCUT2D eigenvalue weighted by molar-refractivity contribution is -0.0510. The van der Waals surface area contributed by atoms with Gasteiger partial charge in [0.15, 0.2) is 5.69 Å². The van der Waals surface area contributed by atoms with Gasteiger partial charge in [-0.3, -0.25) is 4.79 Å². The van der Waals surface area contributed by atoms with Crippen molar-refractivity contribution >= 4 is 17.5 Å². The van der Waals surface area contributed by atoms with E-state index in [2.05, 4.69) is 29.5 Å². The summed E-state index contributed by atoms with van der Waals surface area (Å²) in [5.74, 6) is 0.542. The Kier molecular flexibility index (Phi) is 5.94. The Morgan fingerprint density at radius 1 is 1.42 bits per heavy atom. The van der Waals surface area contributed by atoms with Gasteiger partial charge in [0, 0.05) is 19.1 Å². The van der Waals surface area contributed by atoms with Crippen LogP contribution in [0.1, 0.15) is 42.9 Å². The summed E-state index contributed by atoms with van der Waals surface area (Å²) in [6.07, 6.45) is 2.28. The number of amides is 1. The van der Waals surface area contributed by atoms with Gasteiger partial charge in [0.2, 0.25) is 0 Å². The Hall–Kier alpha value is -1.92. The van der Waals surface area contributed by atoms with E-state index in [9.17, 15) is 4.79 Å². The van der Waals surface area contributed by atoms with Crippen LogP contribution in [0.25, 0.3) is 5.69 Å². The fourth-order valence-electron chi connectivity index (χ4n) is 3.52. The fourth-order valence-corrected chi connectivity index (χ4v) is 3.73. The van der Waals surface area contributed by atoms with Crippen LogP contribution in [0.5, 0.6) is 0 Å². The summed E-state index contributed by atoms with van der Waals surface area (Å²) >= 11 is 6.22. The van der Waals surface area contributed by atoms with Crippen molar-refractivity contribution in [3.8, 4) is 5.69 Å². The minimum Gasteiger partial charge on any atom is -0.378 e. The molecule has 1 aliphatic heterocycles. The van der Waals surface area contributed by atoms with Gasteiger partial charge in [-0.25, -0.2) is 4.68 Å². The average Bonchev–Trinajstić information content (AvgIpc) is 3.01. The van der Waals surface area contributed by atoms with Crippen molar-refractivity contribution in [1.82, 2.24) is 20.3 Å². The molecule has 1 aromatic heterocycles. The number of carbonyl (C=O) groups excluding carboxylic acids is 1. The molecule has 6 nitrogen and oxygen atoms in total. The molecule has 2 heterocycles. The van der Waals surface area contributed by atoms with E-state index in [1.54, 1.807) is 10.7 Å². The minimum atomic E-state index is -0.214. The van der Waals surface area contributed by atoms with Gasteiger partial charge in [0.1, 0.15) is 0 Å². The Labute approximate surface area is 158 Å². The van der Waals surface area contributed by atoms with Crippen LogP contribution in [0.2, 0.25) is 5.02 Å². The lowest BCUT2D eigenvalue weighted by Gasteiger charge is -2.34. The molecular weight excluding hydrogens is 352 g/mol. The van der Waals surface area contributed by atoms with E-state index >= 15 is 0 Å². The summed E-state index contributed by atoms with van der Waals surface area (Å²) in [6, 6.07) is 7.35. The quantitative estimate of drug-likeness (QED) is 0.868. The molecular formula is C19H25ClN4O2. The number of para-hydroxylation sites is 1. The Morgan fingerprint density at radius 2 is 2.19 bits per heavy atom. The summed E-state index contributed by atoms with van der Waals surface area (Å²) in [4.78, 5) is 12.6. The van der Waals surface area contributed by atoms with Gasteiger partial charge >= 0.3 is 0 Å². The predicted molar refractivity (Wildman–Crippen MR) is 101 cm³/mol. The van der Waals surface area contributed by atoms with Crippen LogP contribution in [0.3, 0.4) is 0 Å². The van der Waals surface area contributed by atoms with Crippen LogP contribution in [0, 0.1) is 18.8 Å². The smallest absolute Gasteiger partial charge is 0.273 e. The largest absolute Gasteiger partial charge is 0.378 e. The van der Waals surface area contributed by atoms with Crippen LogP contribution in [-0.2, 0) is 4.74 Å². The topological polar surface area (TPSA) is 69.0 Å². The first kappa shape index (κ1) is 18.9. The molecule has 2 atom stereocenters. The molecule has 1 aliphatic rings. The van der Waals surface area contributed by atoms with E-state index in [1.807, 2.05) is 25.1 Å².